The molecule has 0 aliphatic rings. The molecule has 89 valence electrons. The number of pyridine rings is 1. The van der Waals surface area contributed by atoms with Gasteiger partial charge in [-0.1, -0.05) is 29.0 Å². The van der Waals surface area contributed by atoms with E-state index in [0.717, 1.165) is 27.3 Å². The summed E-state index contributed by atoms with van der Waals surface area (Å²) in [6.45, 7) is 0. The Balaban J connectivity index is 0.000001000. The van der Waals surface area contributed by atoms with Crippen molar-refractivity contribution < 1.29 is 20.1 Å². The molecule has 4 aromatic rings. The normalized spacial score (nSPS) is 10.9. The minimum Gasteiger partial charge on any atom is -0.234 e. The van der Waals surface area contributed by atoms with Crippen molar-refractivity contribution in [3.63, 3.8) is 0 Å². The number of aromatic nitrogens is 4. The van der Waals surface area contributed by atoms with E-state index in [0.29, 0.717) is 0 Å². The summed E-state index contributed by atoms with van der Waals surface area (Å²) in [7, 11) is 0. The van der Waals surface area contributed by atoms with Gasteiger partial charge in [0, 0.05) is 20.1 Å². The van der Waals surface area contributed by atoms with Crippen molar-refractivity contribution in [3.8, 4) is 0 Å². The number of rotatable bonds is 0. The van der Waals surface area contributed by atoms with E-state index in [1.807, 2.05) is 30.3 Å². The molecular formula is C13H7IrN4-. The van der Waals surface area contributed by atoms with Crippen LogP contribution in [0.3, 0.4) is 0 Å². The predicted octanol–water partition coefficient (Wildman–Crippen LogP) is 2.23. The van der Waals surface area contributed by atoms with E-state index >= 15 is 0 Å². The molecule has 4 rings (SSSR count). The third-order valence-electron chi connectivity index (χ3n) is 2.97. The van der Waals surface area contributed by atoms with E-state index in [-0.39, 0.29) is 20.1 Å². The second kappa shape index (κ2) is 4.12. The summed E-state index contributed by atoms with van der Waals surface area (Å²) in [4.78, 5) is 0. The maximum absolute atomic E-state index is 4.07. The number of para-hydroxylation sites is 1. The van der Waals surface area contributed by atoms with E-state index in [1.54, 1.807) is 4.52 Å². The van der Waals surface area contributed by atoms with E-state index < -0.39 is 0 Å². The molecule has 0 atom stereocenters. The largest absolute Gasteiger partial charge is 0.234 e. The summed E-state index contributed by atoms with van der Waals surface area (Å²) in [6, 6.07) is 17.2. The average molecular weight is 411 g/mol. The van der Waals surface area contributed by atoms with Gasteiger partial charge in [0.2, 0.25) is 0 Å². The van der Waals surface area contributed by atoms with Crippen LogP contribution in [0.2, 0.25) is 0 Å². The van der Waals surface area contributed by atoms with Gasteiger partial charge < -0.3 is 0 Å². The molecule has 0 saturated heterocycles. The number of fused-ring (bicyclic) bond motifs is 6. The van der Waals surface area contributed by atoms with Crippen LogP contribution < -0.4 is 0 Å². The summed E-state index contributed by atoms with van der Waals surface area (Å²) in [5.41, 5.74) is 1.76. The Morgan fingerprint density at radius 2 is 1.83 bits per heavy atom. The van der Waals surface area contributed by atoms with Crippen LogP contribution in [0.4, 0.5) is 0 Å². The van der Waals surface area contributed by atoms with Crippen molar-refractivity contribution in [2.45, 2.75) is 0 Å². The van der Waals surface area contributed by atoms with Crippen LogP contribution in [0, 0.1) is 6.07 Å². The van der Waals surface area contributed by atoms with Crippen LogP contribution in [0.5, 0.6) is 0 Å². The van der Waals surface area contributed by atoms with Gasteiger partial charge in [0.1, 0.15) is 5.65 Å². The van der Waals surface area contributed by atoms with E-state index in [4.69, 9.17) is 0 Å². The van der Waals surface area contributed by atoms with Gasteiger partial charge in [0.25, 0.3) is 0 Å². The molecule has 0 saturated carbocycles. The summed E-state index contributed by atoms with van der Waals surface area (Å²) < 4.78 is 1.76. The minimum absolute atomic E-state index is 0. The Bertz CT molecular complexity index is 783. The molecule has 0 amide bonds. The molecule has 2 heterocycles. The summed E-state index contributed by atoms with van der Waals surface area (Å²) in [5.74, 6) is 0. The first-order valence-corrected chi connectivity index (χ1v) is 5.34. The first-order valence-electron chi connectivity index (χ1n) is 5.34. The van der Waals surface area contributed by atoms with E-state index in [2.05, 4.69) is 33.7 Å². The standard InChI is InChI=1S/C13H7N4.Ir/c1-2-7-11-9(5-1)10-6-3-4-8-12(10)17-13(11)14-15-16-17;/h1-6,8H;/q-1;. The van der Waals surface area contributed by atoms with Gasteiger partial charge in [-0.15, -0.1) is 24.3 Å². The molecule has 18 heavy (non-hydrogen) atoms. The van der Waals surface area contributed by atoms with Gasteiger partial charge in [-0.05, 0) is 21.9 Å². The molecule has 2 aromatic carbocycles. The summed E-state index contributed by atoms with van der Waals surface area (Å²) in [6.07, 6.45) is 0. The Morgan fingerprint density at radius 3 is 2.78 bits per heavy atom. The Hall–Kier alpha value is -1.84. The molecule has 0 unspecified atom stereocenters. The van der Waals surface area contributed by atoms with Gasteiger partial charge in [0.05, 0.1) is 5.52 Å². The predicted molar refractivity (Wildman–Crippen MR) is 64.6 cm³/mol. The molecule has 0 bridgehead atoms. The Kier molecular flexibility index (Phi) is 2.58. The van der Waals surface area contributed by atoms with Crippen LogP contribution in [0.1, 0.15) is 0 Å². The molecule has 2 aromatic heterocycles. The first-order chi connectivity index (χ1) is 8.45. The second-order valence-electron chi connectivity index (χ2n) is 3.89. The van der Waals surface area contributed by atoms with Crippen LogP contribution in [0.15, 0.2) is 42.5 Å². The van der Waals surface area contributed by atoms with Crippen molar-refractivity contribution in [3.05, 3.63) is 48.5 Å². The van der Waals surface area contributed by atoms with Crippen molar-refractivity contribution in [2.24, 2.45) is 0 Å². The Labute approximate surface area is 116 Å². The number of nitrogens with zero attached hydrogens (tertiary/aromatic N) is 4. The van der Waals surface area contributed by atoms with E-state index in [9.17, 15) is 0 Å². The first kappa shape index (κ1) is 11.3. The molecule has 0 spiro atoms. The molecule has 0 fully saturated rings. The fourth-order valence-corrected chi connectivity index (χ4v) is 2.24. The monoisotopic (exact) mass is 412 g/mol. The number of hydrogen-bond donors (Lipinski definition) is 0. The molecule has 0 aliphatic carbocycles. The maximum Gasteiger partial charge on any atom is 0.104 e. The molecule has 0 N–H and O–H groups in total. The number of benzene rings is 2. The Morgan fingerprint density at radius 1 is 1.00 bits per heavy atom. The summed E-state index contributed by atoms with van der Waals surface area (Å²) >= 11 is 0. The molecule has 0 aliphatic heterocycles. The van der Waals surface area contributed by atoms with Crippen molar-refractivity contribution >= 4 is 27.3 Å². The third-order valence-corrected chi connectivity index (χ3v) is 2.97. The van der Waals surface area contributed by atoms with Gasteiger partial charge in [-0.2, -0.15) is 5.10 Å². The van der Waals surface area contributed by atoms with Crippen LogP contribution in [0.25, 0.3) is 27.3 Å². The van der Waals surface area contributed by atoms with Crippen LogP contribution >= 0.6 is 0 Å². The van der Waals surface area contributed by atoms with Gasteiger partial charge in [-0.25, -0.2) is 4.52 Å². The fraction of sp³-hybridized carbons (Fsp3) is 0. The number of hydrogen-bond acceptors (Lipinski definition) is 3. The maximum atomic E-state index is 4.07. The van der Waals surface area contributed by atoms with Gasteiger partial charge >= 0.3 is 0 Å². The van der Waals surface area contributed by atoms with Crippen molar-refractivity contribution in [1.29, 1.82) is 0 Å². The zero-order valence-electron chi connectivity index (χ0n) is 9.16. The SMILES string of the molecule is [Ir].[c-]1cccc2c1c1nnnn1c1ccccc21. The quantitative estimate of drug-likeness (QED) is 0.329. The molecule has 1 radical (unpaired) electrons. The second-order valence-corrected chi connectivity index (χ2v) is 3.89. The molecular weight excluding hydrogens is 404 g/mol. The fourth-order valence-electron chi connectivity index (χ4n) is 2.24. The summed E-state index contributed by atoms with van der Waals surface area (Å²) in [5, 5.41) is 15.1. The van der Waals surface area contributed by atoms with Gasteiger partial charge in [0.15, 0.2) is 0 Å². The van der Waals surface area contributed by atoms with Crippen molar-refractivity contribution in [1.82, 2.24) is 20.0 Å². The van der Waals surface area contributed by atoms with Crippen molar-refractivity contribution in [2.75, 3.05) is 0 Å². The third kappa shape index (κ3) is 1.38. The number of tetrazole rings is 1. The molecule has 5 heteroatoms. The zero-order valence-corrected chi connectivity index (χ0v) is 11.6. The van der Waals surface area contributed by atoms with Crippen LogP contribution in [-0.2, 0) is 20.1 Å². The zero-order chi connectivity index (χ0) is 11.2. The van der Waals surface area contributed by atoms with E-state index in [1.165, 1.54) is 0 Å². The molecule has 4 nitrogen and oxygen atoms in total. The minimum atomic E-state index is 0. The van der Waals surface area contributed by atoms with Crippen LogP contribution in [-0.4, -0.2) is 20.0 Å². The topological polar surface area (TPSA) is 43.1 Å². The van der Waals surface area contributed by atoms with Gasteiger partial charge in [-0.3, -0.25) is 0 Å². The average Bonchev–Trinajstić information content (AvgIpc) is 2.89. The smallest absolute Gasteiger partial charge is 0.104 e.